The molecule has 0 radical (unpaired) electrons. The van der Waals surface area contributed by atoms with Gasteiger partial charge in [-0.2, -0.15) is 0 Å². The SMILES string of the molecule is O=COc1ccc(-c2ccccn2)nc1. The van der Waals surface area contributed by atoms with Crippen LogP contribution in [0.1, 0.15) is 0 Å². The molecule has 0 aliphatic carbocycles. The average molecular weight is 200 g/mol. The minimum absolute atomic E-state index is 0.372. The van der Waals surface area contributed by atoms with Gasteiger partial charge in [0.2, 0.25) is 0 Å². The van der Waals surface area contributed by atoms with Crippen LogP contribution in [0, 0.1) is 0 Å². The van der Waals surface area contributed by atoms with Crippen molar-refractivity contribution < 1.29 is 9.53 Å². The number of carbonyl (C=O) groups is 1. The molecule has 0 saturated carbocycles. The van der Waals surface area contributed by atoms with Gasteiger partial charge in [0, 0.05) is 6.20 Å². The van der Waals surface area contributed by atoms with Crippen molar-refractivity contribution in [3.05, 3.63) is 42.7 Å². The van der Waals surface area contributed by atoms with Gasteiger partial charge in [-0.3, -0.25) is 14.8 Å². The first kappa shape index (κ1) is 9.33. The summed E-state index contributed by atoms with van der Waals surface area (Å²) in [5.41, 5.74) is 1.53. The van der Waals surface area contributed by atoms with Crippen LogP contribution < -0.4 is 4.74 Å². The zero-order valence-corrected chi connectivity index (χ0v) is 7.83. The molecule has 0 bridgehead atoms. The first-order valence-electron chi connectivity index (χ1n) is 4.38. The van der Waals surface area contributed by atoms with E-state index in [9.17, 15) is 4.79 Å². The molecule has 0 saturated heterocycles. The van der Waals surface area contributed by atoms with Gasteiger partial charge in [-0.15, -0.1) is 0 Å². The predicted octanol–water partition coefficient (Wildman–Crippen LogP) is 1.68. The van der Waals surface area contributed by atoms with Crippen LogP contribution in [0.2, 0.25) is 0 Å². The second-order valence-corrected chi connectivity index (χ2v) is 2.81. The second-order valence-electron chi connectivity index (χ2n) is 2.81. The number of nitrogens with zero attached hydrogens (tertiary/aromatic N) is 2. The largest absolute Gasteiger partial charge is 0.427 e. The third-order valence-electron chi connectivity index (χ3n) is 1.85. The van der Waals surface area contributed by atoms with Gasteiger partial charge >= 0.3 is 0 Å². The molecule has 74 valence electrons. The molecule has 0 amide bonds. The monoisotopic (exact) mass is 200 g/mol. The van der Waals surface area contributed by atoms with E-state index < -0.39 is 0 Å². The molecular weight excluding hydrogens is 192 g/mol. The van der Waals surface area contributed by atoms with Crippen LogP contribution in [0.5, 0.6) is 5.75 Å². The number of carbonyl (C=O) groups excluding carboxylic acids is 1. The van der Waals surface area contributed by atoms with Crippen LogP contribution in [0.25, 0.3) is 11.4 Å². The van der Waals surface area contributed by atoms with Crippen molar-refractivity contribution >= 4 is 6.47 Å². The molecular formula is C11H8N2O2. The minimum atomic E-state index is 0.372. The van der Waals surface area contributed by atoms with Crippen molar-refractivity contribution in [3.8, 4) is 17.1 Å². The molecule has 2 aromatic heterocycles. The Morgan fingerprint density at radius 2 is 1.93 bits per heavy atom. The summed E-state index contributed by atoms with van der Waals surface area (Å²) in [5.74, 6) is 0.421. The highest BCUT2D eigenvalue weighted by atomic mass is 16.5. The number of rotatable bonds is 3. The van der Waals surface area contributed by atoms with E-state index in [1.165, 1.54) is 6.20 Å². The molecule has 0 aliphatic heterocycles. The molecule has 2 rings (SSSR count). The van der Waals surface area contributed by atoms with Crippen LogP contribution in [-0.4, -0.2) is 16.4 Å². The van der Waals surface area contributed by atoms with Crippen LogP contribution in [0.15, 0.2) is 42.7 Å². The maximum Gasteiger partial charge on any atom is 0.298 e. The Morgan fingerprint density at radius 1 is 1.07 bits per heavy atom. The molecule has 2 heterocycles. The lowest BCUT2D eigenvalue weighted by Gasteiger charge is -2.00. The zero-order chi connectivity index (χ0) is 10.5. The molecule has 0 unspecified atom stereocenters. The van der Waals surface area contributed by atoms with E-state index >= 15 is 0 Å². The summed E-state index contributed by atoms with van der Waals surface area (Å²) in [7, 11) is 0. The first-order valence-corrected chi connectivity index (χ1v) is 4.38. The second kappa shape index (κ2) is 4.32. The average Bonchev–Trinajstić information content (AvgIpc) is 2.32. The molecule has 0 N–H and O–H groups in total. The third kappa shape index (κ3) is 2.17. The molecule has 0 fully saturated rings. The fourth-order valence-electron chi connectivity index (χ4n) is 1.17. The van der Waals surface area contributed by atoms with Crippen LogP contribution in [-0.2, 0) is 4.79 Å². The highest BCUT2D eigenvalue weighted by molar-refractivity contribution is 5.55. The van der Waals surface area contributed by atoms with E-state index in [4.69, 9.17) is 0 Å². The van der Waals surface area contributed by atoms with Crippen molar-refractivity contribution in [3.63, 3.8) is 0 Å². The van der Waals surface area contributed by atoms with Crippen molar-refractivity contribution in [2.45, 2.75) is 0 Å². The van der Waals surface area contributed by atoms with Gasteiger partial charge in [0.15, 0.2) is 0 Å². The summed E-state index contributed by atoms with van der Waals surface area (Å²) in [4.78, 5) is 18.3. The van der Waals surface area contributed by atoms with Gasteiger partial charge in [-0.25, -0.2) is 0 Å². The van der Waals surface area contributed by atoms with Gasteiger partial charge < -0.3 is 4.74 Å². The summed E-state index contributed by atoms with van der Waals surface area (Å²) < 4.78 is 4.63. The summed E-state index contributed by atoms with van der Waals surface area (Å²) in [5, 5.41) is 0. The fourth-order valence-corrected chi connectivity index (χ4v) is 1.17. The highest BCUT2D eigenvalue weighted by Gasteiger charge is 1.99. The Hall–Kier alpha value is -2.23. The summed E-state index contributed by atoms with van der Waals surface area (Å²) >= 11 is 0. The summed E-state index contributed by atoms with van der Waals surface area (Å²) in [6.45, 7) is 0.372. The maximum absolute atomic E-state index is 10.1. The topological polar surface area (TPSA) is 52.1 Å². The van der Waals surface area contributed by atoms with Gasteiger partial charge in [-0.05, 0) is 24.3 Å². The Bertz CT molecular complexity index is 440. The van der Waals surface area contributed by atoms with E-state index in [1.807, 2.05) is 18.2 Å². The molecule has 4 nitrogen and oxygen atoms in total. The van der Waals surface area contributed by atoms with Crippen molar-refractivity contribution in [2.75, 3.05) is 0 Å². The number of hydrogen-bond donors (Lipinski definition) is 0. The quantitative estimate of drug-likeness (QED) is 0.707. The third-order valence-corrected chi connectivity index (χ3v) is 1.85. The Morgan fingerprint density at radius 3 is 2.53 bits per heavy atom. The van der Waals surface area contributed by atoms with Crippen LogP contribution in [0.4, 0.5) is 0 Å². The normalized spacial score (nSPS) is 9.60. The molecule has 0 spiro atoms. The molecule has 0 aromatic carbocycles. The lowest BCUT2D eigenvalue weighted by molar-refractivity contribution is -0.120. The number of pyridine rings is 2. The predicted molar refractivity (Wildman–Crippen MR) is 54.2 cm³/mol. The van der Waals surface area contributed by atoms with Crippen molar-refractivity contribution in [1.29, 1.82) is 0 Å². The highest BCUT2D eigenvalue weighted by Crippen LogP contribution is 2.16. The Balaban J connectivity index is 2.28. The first-order chi connectivity index (χ1) is 7.40. The van der Waals surface area contributed by atoms with E-state index in [1.54, 1.807) is 18.3 Å². The number of hydrogen-bond acceptors (Lipinski definition) is 4. The standard InChI is InChI=1S/C11H8N2O2/c14-8-15-9-4-5-11(13-7-9)10-3-1-2-6-12-10/h1-8H. The van der Waals surface area contributed by atoms with Crippen LogP contribution in [0.3, 0.4) is 0 Å². The van der Waals surface area contributed by atoms with Gasteiger partial charge in [-0.1, -0.05) is 6.07 Å². The smallest absolute Gasteiger partial charge is 0.298 e. The summed E-state index contributed by atoms with van der Waals surface area (Å²) in [6, 6.07) is 9.02. The van der Waals surface area contributed by atoms with Gasteiger partial charge in [0.1, 0.15) is 5.75 Å². The van der Waals surface area contributed by atoms with Crippen LogP contribution >= 0.6 is 0 Å². The van der Waals surface area contributed by atoms with Gasteiger partial charge in [0.25, 0.3) is 6.47 Å². The lowest BCUT2D eigenvalue weighted by atomic mass is 10.2. The lowest BCUT2D eigenvalue weighted by Crippen LogP contribution is -1.91. The zero-order valence-electron chi connectivity index (χ0n) is 7.83. The minimum Gasteiger partial charge on any atom is -0.427 e. The van der Waals surface area contributed by atoms with Crippen molar-refractivity contribution in [1.82, 2.24) is 9.97 Å². The number of ether oxygens (including phenoxy) is 1. The molecule has 0 aliphatic rings. The Labute approximate surface area is 86.6 Å². The van der Waals surface area contributed by atoms with Crippen molar-refractivity contribution in [2.24, 2.45) is 0 Å². The fraction of sp³-hybridized carbons (Fsp3) is 0. The Kier molecular flexibility index (Phi) is 2.69. The van der Waals surface area contributed by atoms with E-state index in [2.05, 4.69) is 14.7 Å². The maximum atomic E-state index is 10.1. The summed E-state index contributed by atoms with van der Waals surface area (Å²) in [6.07, 6.45) is 3.19. The molecule has 15 heavy (non-hydrogen) atoms. The van der Waals surface area contributed by atoms with E-state index in [-0.39, 0.29) is 0 Å². The van der Waals surface area contributed by atoms with Gasteiger partial charge in [0.05, 0.1) is 17.6 Å². The molecule has 2 aromatic rings. The molecule has 4 heteroatoms. The van der Waals surface area contributed by atoms with E-state index in [0.717, 1.165) is 11.4 Å². The number of aromatic nitrogens is 2. The molecule has 0 atom stereocenters. The van der Waals surface area contributed by atoms with E-state index in [0.29, 0.717) is 12.2 Å².